The minimum absolute atomic E-state index is 0.248. The van der Waals surface area contributed by atoms with Crippen molar-refractivity contribution in [2.75, 3.05) is 11.9 Å². The van der Waals surface area contributed by atoms with Gasteiger partial charge in [-0.2, -0.15) is 10.2 Å². The number of nitrogens with one attached hydrogen (secondary N) is 1. The summed E-state index contributed by atoms with van der Waals surface area (Å²) < 4.78 is 5.07. The summed E-state index contributed by atoms with van der Waals surface area (Å²) in [5.74, 6) is -1.35. The van der Waals surface area contributed by atoms with Gasteiger partial charge >= 0.3 is 5.97 Å². The third kappa shape index (κ3) is 7.29. The summed E-state index contributed by atoms with van der Waals surface area (Å²) in [5.41, 5.74) is 4.43. The smallest absolute Gasteiger partial charge is 0.333 e. The van der Waals surface area contributed by atoms with Crippen LogP contribution in [0.15, 0.2) is 64.8 Å². The van der Waals surface area contributed by atoms with Crippen LogP contribution in [-0.4, -0.2) is 30.3 Å². The number of azo groups is 1. The van der Waals surface area contributed by atoms with Crippen molar-refractivity contribution in [1.29, 1.82) is 0 Å². The highest BCUT2D eigenvalue weighted by Crippen LogP contribution is 2.18. The lowest BCUT2D eigenvalue weighted by atomic mass is 10.1. The zero-order valence-corrected chi connectivity index (χ0v) is 18.3. The molecule has 1 amide bonds. The van der Waals surface area contributed by atoms with Crippen molar-refractivity contribution >= 4 is 29.0 Å². The fraction of sp³-hybridized carbons (Fsp3) is 0.292. The Morgan fingerprint density at radius 1 is 1.06 bits per heavy atom. The SMILES string of the molecule is C=C(C)C(=O)OCCc1ccc(/N=N/C(C(C)=O)C(=O)Nc2ccc(C)cc2C)cc1. The number of ketones is 1. The van der Waals surface area contributed by atoms with Crippen molar-refractivity contribution in [2.45, 2.75) is 40.2 Å². The number of Topliss-reactive ketones (excluding diaryl/α,β-unsaturated/α-hetero) is 1. The largest absolute Gasteiger partial charge is 0.462 e. The summed E-state index contributed by atoms with van der Waals surface area (Å²) in [7, 11) is 0. The van der Waals surface area contributed by atoms with Gasteiger partial charge in [0.2, 0.25) is 6.04 Å². The predicted octanol–water partition coefficient (Wildman–Crippen LogP) is 4.65. The number of nitrogens with zero attached hydrogens (tertiary/aromatic N) is 2. The Bertz CT molecular complexity index is 1010. The van der Waals surface area contributed by atoms with E-state index in [9.17, 15) is 14.4 Å². The molecule has 0 spiro atoms. The van der Waals surface area contributed by atoms with Crippen LogP contribution < -0.4 is 5.32 Å². The average Bonchev–Trinajstić information content (AvgIpc) is 2.71. The number of amides is 1. The van der Waals surface area contributed by atoms with Crippen molar-refractivity contribution in [2.24, 2.45) is 10.2 Å². The molecule has 0 saturated heterocycles. The molecule has 162 valence electrons. The van der Waals surface area contributed by atoms with Gasteiger partial charge in [-0.25, -0.2) is 4.79 Å². The molecule has 0 aromatic heterocycles. The molecule has 1 N–H and O–H groups in total. The van der Waals surface area contributed by atoms with E-state index >= 15 is 0 Å². The molecular weight excluding hydrogens is 394 g/mol. The lowest BCUT2D eigenvalue weighted by Crippen LogP contribution is -2.32. The van der Waals surface area contributed by atoms with Crippen LogP contribution in [0.4, 0.5) is 11.4 Å². The monoisotopic (exact) mass is 421 g/mol. The topological polar surface area (TPSA) is 97.2 Å². The molecule has 2 rings (SSSR count). The van der Waals surface area contributed by atoms with E-state index in [1.807, 2.05) is 38.1 Å². The summed E-state index contributed by atoms with van der Waals surface area (Å²) in [4.78, 5) is 35.9. The Kier molecular flexibility index (Phi) is 8.37. The molecule has 0 aliphatic carbocycles. The number of carbonyl (C=O) groups is 3. The first-order chi connectivity index (χ1) is 14.7. The van der Waals surface area contributed by atoms with E-state index in [1.54, 1.807) is 25.1 Å². The molecule has 7 heteroatoms. The van der Waals surface area contributed by atoms with Crippen molar-refractivity contribution in [1.82, 2.24) is 0 Å². The number of aryl methyl sites for hydroxylation is 2. The number of carbonyl (C=O) groups excluding carboxylic acids is 3. The van der Waals surface area contributed by atoms with Gasteiger partial charge in [0.1, 0.15) is 0 Å². The summed E-state index contributed by atoms with van der Waals surface area (Å²) in [5, 5.41) is 10.7. The number of hydrogen-bond acceptors (Lipinski definition) is 6. The maximum atomic E-state index is 12.6. The number of ether oxygens (including phenoxy) is 1. The number of benzene rings is 2. The Morgan fingerprint density at radius 2 is 1.74 bits per heavy atom. The maximum Gasteiger partial charge on any atom is 0.333 e. The van der Waals surface area contributed by atoms with Crippen molar-refractivity contribution in [3.8, 4) is 0 Å². The minimum Gasteiger partial charge on any atom is -0.462 e. The highest BCUT2D eigenvalue weighted by Gasteiger charge is 2.23. The molecule has 0 saturated carbocycles. The molecule has 0 aliphatic heterocycles. The Morgan fingerprint density at radius 3 is 2.32 bits per heavy atom. The van der Waals surface area contributed by atoms with Gasteiger partial charge in [0.05, 0.1) is 12.3 Å². The zero-order valence-electron chi connectivity index (χ0n) is 18.3. The summed E-state index contributed by atoms with van der Waals surface area (Å²) in [6.07, 6.45) is 0.546. The van der Waals surface area contributed by atoms with Crippen LogP contribution in [0.2, 0.25) is 0 Å². The van der Waals surface area contributed by atoms with Crippen LogP contribution in [0, 0.1) is 13.8 Å². The molecule has 0 bridgehead atoms. The fourth-order valence-electron chi connectivity index (χ4n) is 2.71. The van der Waals surface area contributed by atoms with Gasteiger partial charge in [-0.15, -0.1) is 0 Å². The van der Waals surface area contributed by atoms with Gasteiger partial charge in [-0.3, -0.25) is 9.59 Å². The number of anilines is 1. The number of rotatable bonds is 9. The van der Waals surface area contributed by atoms with Gasteiger partial charge in [0, 0.05) is 17.7 Å². The molecule has 7 nitrogen and oxygen atoms in total. The van der Waals surface area contributed by atoms with Crippen molar-refractivity contribution in [3.05, 3.63) is 71.3 Å². The molecule has 0 fully saturated rings. The van der Waals surface area contributed by atoms with Gasteiger partial charge in [0.15, 0.2) is 5.78 Å². The molecule has 1 unspecified atom stereocenters. The van der Waals surface area contributed by atoms with E-state index in [1.165, 1.54) is 6.92 Å². The summed E-state index contributed by atoms with van der Waals surface area (Å²) >= 11 is 0. The highest BCUT2D eigenvalue weighted by molar-refractivity contribution is 6.10. The highest BCUT2D eigenvalue weighted by atomic mass is 16.5. The molecule has 0 heterocycles. The molecule has 31 heavy (non-hydrogen) atoms. The van der Waals surface area contributed by atoms with Gasteiger partial charge in [-0.05, 0) is 57.0 Å². The van der Waals surface area contributed by atoms with E-state index in [2.05, 4.69) is 22.1 Å². The van der Waals surface area contributed by atoms with Crippen molar-refractivity contribution in [3.63, 3.8) is 0 Å². The molecule has 1 atom stereocenters. The number of hydrogen-bond donors (Lipinski definition) is 1. The fourth-order valence-corrected chi connectivity index (χ4v) is 2.71. The quantitative estimate of drug-likeness (QED) is 0.276. The zero-order chi connectivity index (χ0) is 23.0. The van der Waals surface area contributed by atoms with Crippen LogP contribution in [0.3, 0.4) is 0 Å². The van der Waals surface area contributed by atoms with E-state index in [0.717, 1.165) is 16.7 Å². The lowest BCUT2D eigenvalue weighted by Gasteiger charge is -2.12. The Balaban J connectivity index is 2.00. The van der Waals surface area contributed by atoms with E-state index < -0.39 is 23.7 Å². The summed E-state index contributed by atoms with van der Waals surface area (Å²) in [6.45, 7) is 10.5. The first kappa shape index (κ1) is 23.7. The first-order valence-electron chi connectivity index (χ1n) is 9.88. The van der Waals surface area contributed by atoms with Crippen LogP contribution >= 0.6 is 0 Å². The second-order valence-corrected chi connectivity index (χ2v) is 7.37. The number of esters is 1. The lowest BCUT2D eigenvalue weighted by molar-refractivity contribution is -0.138. The Hall–Kier alpha value is -3.61. The minimum atomic E-state index is -1.23. The second kappa shape index (κ2) is 11.0. The van der Waals surface area contributed by atoms with E-state index in [4.69, 9.17) is 4.74 Å². The molecule has 0 radical (unpaired) electrons. The third-order valence-electron chi connectivity index (χ3n) is 4.47. The van der Waals surface area contributed by atoms with Gasteiger partial charge in [-0.1, -0.05) is 36.4 Å². The molecule has 0 aliphatic rings. The molecule has 2 aromatic carbocycles. The van der Waals surface area contributed by atoms with Crippen LogP contribution in [-0.2, 0) is 25.5 Å². The predicted molar refractivity (Wildman–Crippen MR) is 119 cm³/mol. The molecular formula is C24H27N3O4. The average molecular weight is 421 g/mol. The second-order valence-electron chi connectivity index (χ2n) is 7.37. The Labute approximate surface area is 182 Å². The standard InChI is InChI=1S/C24H27N3O4/c1-15(2)24(30)31-13-12-19-7-9-20(10-8-19)26-27-22(18(5)28)23(29)25-21-11-6-16(3)14-17(21)4/h6-11,14,22H,1,12-13H2,2-5H3,(H,25,29)/b27-26+. The van der Waals surface area contributed by atoms with Crippen LogP contribution in [0.5, 0.6) is 0 Å². The molecule has 2 aromatic rings. The van der Waals surface area contributed by atoms with Gasteiger partial charge < -0.3 is 10.1 Å². The van der Waals surface area contributed by atoms with E-state index in [0.29, 0.717) is 23.4 Å². The van der Waals surface area contributed by atoms with E-state index in [-0.39, 0.29) is 6.61 Å². The van der Waals surface area contributed by atoms with Crippen molar-refractivity contribution < 1.29 is 19.1 Å². The first-order valence-corrected chi connectivity index (χ1v) is 9.88. The third-order valence-corrected chi connectivity index (χ3v) is 4.47. The van der Waals surface area contributed by atoms with Crippen LogP contribution in [0.25, 0.3) is 0 Å². The summed E-state index contributed by atoms with van der Waals surface area (Å²) in [6, 6.07) is 11.5. The van der Waals surface area contributed by atoms with Crippen LogP contribution in [0.1, 0.15) is 30.5 Å². The van der Waals surface area contributed by atoms with Gasteiger partial charge in [0.25, 0.3) is 5.91 Å². The maximum absolute atomic E-state index is 12.6. The normalized spacial score (nSPS) is 11.7.